The molecule has 4 heteroatoms. The van der Waals surface area contributed by atoms with Crippen molar-refractivity contribution in [2.24, 2.45) is 0 Å². The van der Waals surface area contributed by atoms with E-state index in [9.17, 15) is 0 Å². The third kappa shape index (κ3) is 2.48. The van der Waals surface area contributed by atoms with Gasteiger partial charge in [0, 0.05) is 16.0 Å². The Hall–Kier alpha value is -0.220. The maximum absolute atomic E-state index is 5.54. The average molecular weight is 364 g/mol. The highest BCUT2D eigenvalue weighted by molar-refractivity contribution is 9.10. The molecule has 0 radical (unpaired) electrons. The summed E-state index contributed by atoms with van der Waals surface area (Å²) in [6.45, 7) is 0. The minimum atomic E-state index is 0.348. The number of benzene rings is 1. The quantitative estimate of drug-likeness (QED) is 0.563. The molecule has 0 fully saturated rings. The van der Waals surface area contributed by atoms with Crippen LogP contribution in [0.5, 0.6) is 11.5 Å². The van der Waals surface area contributed by atoms with Crippen molar-refractivity contribution >= 4 is 31.9 Å². The highest BCUT2D eigenvalue weighted by atomic mass is 79.9. The second-order valence-corrected chi connectivity index (χ2v) is 6.16. The van der Waals surface area contributed by atoms with Crippen molar-refractivity contribution in [2.45, 2.75) is 30.5 Å². The number of ether oxygens (including phenoxy) is 2. The van der Waals surface area contributed by atoms with Crippen molar-refractivity contribution in [1.82, 2.24) is 0 Å². The fraction of sp³-hybridized carbons (Fsp3) is 0.538. The Morgan fingerprint density at radius 2 is 2.00 bits per heavy atom. The van der Waals surface area contributed by atoms with E-state index in [1.165, 1.54) is 24.0 Å². The Morgan fingerprint density at radius 1 is 1.24 bits per heavy atom. The van der Waals surface area contributed by atoms with Gasteiger partial charge in [0.05, 0.1) is 18.7 Å². The smallest absolute Gasteiger partial charge is 0.137 e. The lowest BCUT2D eigenvalue weighted by Crippen LogP contribution is -2.02. The molecule has 94 valence electrons. The van der Waals surface area contributed by atoms with Gasteiger partial charge in [0.1, 0.15) is 11.5 Å². The lowest BCUT2D eigenvalue weighted by molar-refractivity contribution is 0.392. The Bertz CT molecular complexity index is 418. The summed E-state index contributed by atoms with van der Waals surface area (Å²) in [6, 6.07) is 2.00. The van der Waals surface area contributed by atoms with Crippen LogP contribution in [0.15, 0.2) is 10.5 Å². The average Bonchev–Trinajstić information content (AvgIpc) is 2.51. The second kappa shape index (κ2) is 5.61. The molecule has 1 unspecified atom stereocenters. The molecule has 0 amide bonds. The van der Waals surface area contributed by atoms with E-state index in [4.69, 9.17) is 9.47 Å². The number of alkyl halides is 1. The molecule has 17 heavy (non-hydrogen) atoms. The van der Waals surface area contributed by atoms with E-state index in [1.54, 1.807) is 14.2 Å². The summed E-state index contributed by atoms with van der Waals surface area (Å²) in [5, 5.41) is 0. The molecule has 0 spiro atoms. The molecular weight excluding hydrogens is 348 g/mol. The van der Waals surface area contributed by atoms with Crippen LogP contribution in [0.4, 0.5) is 0 Å². The SMILES string of the molecule is COc1cc(Br)c(OC)c2c1CCCCC2Br. The van der Waals surface area contributed by atoms with Crippen molar-refractivity contribution < 1.29 is 9.47 Å². The van der Waals surface area contributed by atoms with Gasteiger partial charge in [-0.2, -0.15) is 0 Å². The molecule has 0 saturated heterocycles. The van der Waals surface area contributed by atoms with Gasteiger partial charge >= 0.3 is 0 Å². The minimum absolute atomic E-state index is 0.348. The first-order valence-corrected chi connectivity index (χ1v) is 7.47. The summed E-state index contributed by atoms with van der Waals surface area (Å²) >= 11 is 7.32. The van der Waals surface area contributed by atoms with E-state index in [-0.39, 0.29) is 0 Å². The van der Waals surface area contributed by atoms with Crippen LogP contribution < -0.4 is 9.47 Å². The first-order valence-electron chi connectivity index (χ1n) is 5.76. The van der Waals surface area contributed by atoms with Crippen molar-refractivity contribution in [2.75, 3.05) is 14.2 Å². The summed E-state index contributed by atoms with van der Waals surface area (Å²) in [5.41, 5.74) is 2.53. The number of rotatable bonds is 2. The van der Waals surface area contributed by atoms with E-state index < -0.39 is 0 Å². The highest BCUT2D eigenvalue weighted by Gasteiger charge is 2.25. The van der Waals surface area contributed by atoms with Crippen molar-refractivity contribution in [3.63, 3.8) is 0 Å². The molecule has 0 heterocycles. The van der Waals surface area contributed by atoms with Gasteiger partial charge in [-0.1, -0.05) is 22.4 Å². The summed E-state index contributed by atoms with van der Waals surface area (Å²) in [4.78, 5) is 0.348. The third-order valence-electron chi connectivity index (χ3n) is 3.21. The molecule has 1 atom stereocenters. The first kappa shape index (κ1) is 13.2. The number of hydrogen-bond donors (Lipinski definition) is 0. The van der Waals surface area contributed by atoms with Crippen molar-refractivity contribution in [1.29, 1.82) is 0 Å². The van der Waals surface area contributed by atoms with Gasteiger partial charge in [0.15, 0.2) is 0 Å². The van der Waals surface area contributed by atoms with Crippen molar-refractivity contribution in [3.8, 4) is 11.5 Å². The standard InChI is InChI=1S/C13H16Br2O2/c1-16-11-7-10(15)13(17-2)12-8(11)5-3-4-6-9(12)14/h7,9H,3-6H2,1-2H3. The number of methoxy groups -OCH3 is 2. The van der Waals surface area contributed by atoms with Gasteiger partial charge in [-0.25, -0.2) is 0 Å². The van der Waals surface area contributed by atoms with E-state index in [2.05, 4.69) is 31.9 Å². The first-order chi connectivity index (χ1) is 8.19. The fourth-order valence-electron chi connectivity index (χ4n) is 2.41. The van der Waals surface area contributed by atoms with Crippen LogP contribution in [0.2, 0.25) is 0 Å². The molecule has 1 aromatic rings. The largest absolute Gasteiger partial charge is 0.496 e. The molecule has 1 aromatic carbocycles. The number of hydrogen-bond acceptors (Lipinski definition) is 2. The molecule has 0 aromatic heterocycles. The fourth-order valence-corrected chi connectivity index (χ4v) is 3.81. The number of halogens is 2. The molecule has 0 N–H and O–H groups in total. The zero-order valence-corrected chi connectivity index (χ0v) is 13.2. The Kier molecular flexibility index (Phi) is 4.36. The normalized spacial score (nSPS) is 19.4. The second-order valence-electron chi connectivity index (χ2n) is 4.20. The van der Waals surface area contributed by atoms with Crippen LogP contribution in [-0.4, -0.2) is 14.2 Å². The summed E-state index contributed by atoms with van der Waals surface area (Å²) in [6.07, 6.45) is 4.64. The van der Waals surface area contributed by atoms with Crippen molar-refractivity contribution in [3.05, 3.63) is 21.7 Å². The van der Waals surface area contributed by atoms with Gasteiger partial charge in [-0.3, -0.25) is 0 Å². The lowest BCUT2D eigenvalue weighted by atomic mass is 10.0. The maximum Gasteiger partial charge on any atom is 0.137 e. The molecule has 0 saturated carbocycles. The zero-order valence-electron chi connectivity index (χ0n) is 10.1. The molecule has 1 aliphatic carbocycles. The predicted molar refractivity (Wildman–Crippen MR) is 76.5 cm³/mol. The van der Waals surface area contributed by atoms with Crippen LogP contribution in [0.25, 0.3) is 0 Å². The zero-order chi connectivity index (χ0) is 12.4. The van der Waals surface area contributed by atoms with Gasteiger partial charge in [0.25, 0.3) is 0 Å². The topological polar surface area (TPSA) is 18.5 Å². The minimum Gasteiger partial charge on any atom is -0.496 e. The van der Waals surface area contributed by atoms with E-state index >= 15 is 0 Å². The monoisotopic (exact) mass is 362 g/mol. The Balaban J connectivity index is 2.65. The van der Waals surface area contributed by atoms with Crippen LogP contribution >= 0.6 is 31.9 Å². The molecule has 2 rings (SSSR count). The van der Waals surface area contributed by atoms with E-state index in [0.29, 0.717) is 4.83 Å². The highest BCUT2D eigenvalue weighted by Crippen LogP contribution is 2.47. The van der Waals surface area contributed by atoms with Gasteiger partial charge in [-0.05, 0) is 41.3 Å². The van der Waals surface area contributed by atoms with Crippen LogP contribution in [-0.2, 0) is 6.42 Å². The van der Waals surface area contributed by atoms with Gasteiger partial charge in [-0.15, -0.1) is 0 Å². The van der Waals surface area contributed by atoms with Gasteiger partial charge in [0.2, 0.25) is 0 Å². The van der Waals surface area contributed by atoms with Crippen LogP contribution in [0.1, 0.15) is 35.2 Å². The summed E-state index contributed by atoms with van der Waals surface area (Å²) in [5.74, 6) is 1.89. The lowest BCUT2D eigenvalue weighted by Gasteiger charge is -2.19. The number of fused-ring (bicyclic) bond motifs is 1. The molecule has 0 aliphatic heterocycles. The molecular formula is C13H16Br2O2. The summed E-state index contributed by atoms with van der Waals surface area (Å²) < 4.78 is 12.0. The molecule has 0 bridgehead atoms. The van der Waals surface area contributed by atoms with Crippen LogP contribution in [0.3, 0.4) is 0 Å². The summed E-state index contributed by atoms with van der Waals surface area (Å²) in [7, 11) is 3.44. The van der Waals surface area contributed by atoms with E-state index in [1.807, 2.05) is 6.07 Å². The third-order valence-corrected chi connectivity index (χ3v) is 4.72. The van der Waals surface area contributed by atoms with E-state index in [0.717, 1.165) is 28.8 Å². The Morgan fingerprint density at radius 3 is 2.65 bits per heavy atom. The Labute approximate surface area is 119 Å². The molecule has 1 aliphatic rings. The predicted octanol–water partition coefficient (Wildman–Crippen LogP) is 4.63. The van der Waals surface area contributed by atoms with Gasteiger partial charge < -0.3 is 9.47 Å². The van der Waals surface area contributed by atoms with Crippen LogP contribution in [0, 0.1) is 0 Å². The molecule has 2 nitrogen and oxygen atoms in total. The maximum atomic E-state index is 5.54.